The van der Waals surface area contributed by atoms with E-state index in [2.05, 4.69) is 65.0 Å². The van der Waals surface area contributed by atoms with Crippen LogP contribution >= 0.6 is 0 Å². The Hall–Kier alpha value is -0.643. The van der Waals surface area contributed by atoms with Crippen LogP contribution in [0.1, 0.15) is 59.4 Å². The van der Waals surface area contributed by atoms with Gasteiger partial charge in [0.1, 0.15) is 10.5 Å². The first-order valence-electron chi connectivity index (χ1n) is 8.46. The molecule has 1 aliphatic rings. The summed E-state index contributed by atoms with van der Waals surface area (Å²) in [5.41, 5.74) is 8.30. The molecule has 2 rings (SSSR count). The molecule has 0 unspecified atom stereocenters. The second-order valence-electron chi connectivity index (χ2n) is 8.56. The fourth-order valence-electron chi connectivity index (χ4n) is 4.83. The Balaban J connectivity index is 2.70. The van der Waals surface area contributed by atoms with E-state index in [4.69, 9.17) is 10.2 Å². The van der Waals surface area contributed by atoms with Crippen LogP contribution in [0.5, 0.6) is 0 Å². The van der Waals surface area contributed by atoms with Gasteiger partial charge in [0.15, 0.2) is 0 Å². The molecule has 0 aromatic heterocycles. The van der Waals surface area contributed by atoms with Crippen molar-refractivity contribution in [3.8, 4) is 0 Å². The Labute approximate surface area is 139 Å². The van der Waals surface area contributed by atoms with Crippen molar-refractivity contribution in [2.45, 2.75) is 64.8 Å². The third-order valence-corrected chi connectivity index (χ3v) is 6.84. The van der Waals surface area contributed by atoms with Gasteiger partial charge in [-0.3, -0.25) is 0 Å². The number of hydrogen-bond acceptors (Lipinski definition) is 2. The van der Waals surface area contributed by atoms with E-state index < -0.39 is 0 Å². The molecule has 1 aliphatic carbocycles. The monoisotopic (exact) mass is 319 g/mol. The summed E-state index contributed by atoms with van der Waals surface area (Å²) < 4.78 is 5.79. The number of rotatable bonds is 3. The minimum atomic E-state index is -0.256. The van der Waals surface area contributed by atoms with E-state index in [1.54, 1.807) is 0 Å². The van der Waals surface area contributed by atoms with Crippen molar-refractivity contribution in [1.29, 1.82) is 0 Å². The van der Waals surface area contributed by atoms with Crippen molar-refractivity contribution >= 4 is 10.5 Å². The lowest BCUT2D eigenvalue weighted by atomic mass is 9.43. The van der Waals surface area contributed by atoms with E-state index in [-0.39, 0.29) is 21.8 Å². The second kappa shape index (κ2) is 5.77. The lowest BCUT2D eigenvalue weighted by Crippen LogP contribution is -2.72. The molecule has 3 atom stereocenters. The summed E-state index contributed by atoms with van der Waals surface area (Å²) in [7, 11) is 0.780. The molecular weight excluding hydrogens is 286 g/mol. The van der Waals surface area contributed by atoms with Crippen LogP contribution in [0.2, 0.25) is 0 Å². The fraction of sp³-hybridized carbons (Fsp3) is 0.684. The third kappa shape index (κ3) is 2.38. The highest BCUT2D eigenvalue weighted by Crippen LogP contribution is 2.60. The molecule has 22 heavy (non-hydrogen) atoms. The Bertz CT molecular complexity index is 508. The van der Waals surface area contributed by atoms with Crippen molar-refractivity contribution in [1.82, 2.24) is 0 Å². The van der Waals surface area contributed by atoms with Gasteiger partial charge in [-0.2, -0.15) is 0 Å². The van der Waals surface area contributed by atoms with Crippen LogP contribution < -0.4 is 5.73 Å². The largest absolute Gasteiger partial charge is 0.427 e. The van der Waals surface area contributed by atoms with Gasteiger partial charge in [-0.1, -0.05) is 71.4 Å². The molecule has 1 fully saturated rings. The summed E-state index contributed by atoms with van der Waals surface area (Å²) in [6.45, 7) is 12.4. The van der Waals surface area contributed by atoms with E-state index in [0.717, 1.165) is 23.5 Å². The predicted octanol–water partition coefficient (Wildman–Crippen LogP) is 3.18. The molecule has 0 amide bonds. The van der Waals surface area contributed by atoms with E-state index in [1.165, 1.54) is 18.4 Å². The molecule has 1 saturated carbocycles. The van der Waals surface area contributed by atoms with Crippen LogP contribution in [-0.2, 0) is 9.84 Å². The first-order chi connectivity index (χ1) is 10.1. The summed E-state index contributed by atoms with van der Waals surface area (Å²) in [5, 5.41) is 0. The summed E-state index contributed by atoms with van der Waals surface area (Å²) >= 11 is 0. The number of hydrogen-bond donors (Lipinski definition) is 1. The predicted molar refractivity (Wildman–Crippen MR) is 98.0 cm³/mol. The van der Waals surface area contributed by atoms with Crippen LogP contribution in [0.3, 0.4) is 0 Å². The zero-order chi connectivity index (χ0) is 16.6. The van der Waals surface area contributed by atoms with Crippen molar-refractivity contribution < 1.29 is 4.43 Å². The van der Waals surface area contributed by atoms with Crippen LogP contribution in [0.4, 0.5) is 0 Å². The molecule has 0 aliphatic heterocycles. The van der Waals surface area contributed by atoms with Crippen molar-refractivity contribution in [2.75, 3.05) is 6.61 Å². The zero-order valence-electron chi connectivity index (χ0n) is 15.2. The third-order valence-electron chi connectivity index (χ3n) is 6.55. The van der Waals surface area contributed by atoms with E-state index in [9.17, 15) is 0 Å². The van der Waals surface area contributed by atoms with Gasteiger partial charge in [0.2, 0.25) is 0 Å². The minimum absolute atomic E-state index is 0.0322. The maximum Gasteiger partial charge on any atom is 0.145 e. The number of benzene rings is 1. The smallest absolute Gasteiger partial charge is 0.145 e. The highest BCUT2D eigenvalue weighted by molar-refractivity contribution is 5.98. The van der Waals surface area contributed by atoms with Crippen molar-refractivity contribution in [3.05, 3.63) is 35.9 Å². The van der Waals surface area contributed by atoms with Gasteiger partial charge in [0, 0.05) is 23.0 Å². The molecule has 124 valence electrons. The Morgan fingerprint density at radius 3 is 2.23 bits per heavy atom. The van der Waals surface area contributed by atoms with Crippen molar-refractivity contribution in [2.24, 2.45) is 16.6 Å². The van der Waals surface area contributed by atoms with Gasteiger partial charge in [-0.25, -0.2) is 0 Å². The van der Waals surface area contributed by atoms with E-state index in [1.807, 2.05) is 0 Å². The highest BCUT2D eigenvalue weighted by atomic mass is 28.2. The quantitative estimate of drug-likeness (QED) is 0.869. The van der Waals surface area contributed by atoms with Gasteiger partial charge in [-0.15, -0.1) is 0 Å². The summed E-state index contributed by atoms with van der Waals surface area (Å²) in [5.74, 6) is 0. The molecule has 0 spiro atoms. The normalized spacial score (nSPS) is 36.5. The molecule has 2 nitrogen and oxygen atoms in total. The zero-order valence-corrected chi connectivity index (χ0v) is 17.2. The minimum Gasteiger partial charge on any atom is -0.427 e. The molecule has 0 radical (unpaired) electrons. The maximum atomic E-state index is 7.21. The Morgan fingerprint density at radius 2 is 1.73 bits per heavy atom. The fourth-order valence-corrected chi connectivity index (χ4v) is 5.47. The van der Waals surface area contributed by atoms with Crippen LogP contribution in [-0.4, -0.2) is 22.6 Å². The SMILES string of the molecule is CC(C)(C)[C@]1(N)CCC[C@@](C)(CO[SiH3])[C@@]1(C)c1ccccc1. The molecule has 3 heteroatoms. The first kappa shape index (κ1) is 17.7. The average Bonchev–Trinajstić information content (AvgIpc) is 2.45. The van der Waals surface area contributed by atoms with Crippen LogP contribution in [0, 0.1) is 10.8 Å². The standard InChI is InChI=1S/C19H33NOSi/c1-16(2,3)19(20)13-9-12-17(4,14-21-22)18(19,5)15-10-7-6-8-11-15/h6-8,10-11H,9,12-14,20H2,1-5,22H3/t17-,18+,19+/m0/s1. The van der Waals surface area contributed by atoms with Gasteiger partial charge in [0.25, 0.3) is 0 Å². The Morgan fingerprint density at radius 1 is 1.14 bits per heavy atom. The molecule has 0 heterocycles. The maximum absolute atomic E-state index is 7.21. The highest BCUT2D eigenvalue weighted by Gasteiger charge is 2.62. The topological polar surface area (TPSA) is 35.2 Å². The van der Waals surface area contributed by atoms with Gasteiger partial charge >= 0.3 is 0 Å². The Kier molecular flexibility index (Phi) is 4.64. The molecule has 1 aromatic carbocycles. The molecule has 1 aromatic rings. The van der Waals surface area contributed by atoms with E-state index >= 15 is 0 Å². The van der Waals surface area contributed by atoms with E-state index in [0.29, 0.717) is 0 Å². The summed E-state index contributed by atoms with van der Waals surface area (Å²) in [6.07, 6.45) is 3.42. The second-order valence-corrected chi connectivity index (χ2v) is 9.14. The number of nitrogens with two attached hydrogens (primary N) is 1. The molecule has 0 bridgehead atoms. The van der Waals surface area contributed by atoms with Crippen molar-refractivity contribution in [3.63, 3.8) is 0 Å². The summed E-state index contributed by atoms with van der Waals surface area (Å²) in [4.78, 5) is 0. The van der Waals surface area contributed by atoms with Gasteiger partial charge in [0.05, 0.1) is 0 Å². The van der Waals surface area contributed by atoms with Crippen LogP contribution in [0.25, 0.3) is 0 Å². The molecule has 0 saturated heterocycles. The van der Waals surface area contributed by atoms with Crippen LogP contribution in [0.15, 0.2) is 30.3 Å². The lowest BCUT2D eigenvalue weighted by Gasteiger charge is -2.64. The van der Waals surface area contributed by atoms with Gasteiger partial charge < -0.3 is 10.2 Å². The molecular formula is C19H33NOSi. The van der Waals surface area contributed by atoms with Gasteiger partial charge in [-0.05, 0) is 23.8 Å². The lowest BCUT2D eigenvalue weighted by molar-refractivity contribution is -0.0670. The first-order valence-corrected chi connectivity index (χ1v) is 9.27. The summed E-state index contributed by atoms with van der Waals surface area (Å²) in [6, 6.07) is 10.9. The molecule has 2 N–H and O–H groups in total. The average molecular weight is 320 g/mol.